The first kappa shape index (κ1) is 16.6. The molecule has 2 aliphatic rings. The quantitative estimate of drug-likeness (QED) is 0.592. The molecular weight excluding hydrogens is 306 g/mol. The molecule has 0 spiro atoms. The molecule has 6 nitrogen and oxygen atoms in total. The third-order valence-electron chi connectivity index (χ3n) is 3.70. The van der Waals surface area contributed by atoms with E-state index in [1.165, 1.54) is 11.8 Å². The molecule has 0 bridgehead atoms. The van der Waals surface area contributed by atoms with E-state index < -0.39 is 11.9 Å². The van der Waals surface area contributed by atoms with Gasteiger partial charge in [-0.3, -0.25) is 4.79 Å². The molecule has 1 amide bonds. The van der Waals surface area contributed by atoms with Gasteiger partial charge in [-0.15, -0.1) is 11.8 Å². The molecule has 0 aromatic rings. The molecule has 22 heavy (non-hydrogen) atoms. The summed E-state index contributed by atoms with van der Waals surface area (Å²) >= 11 is 1.48. The molecule has 1 fully saturated rings. The van der Waals surface area contributed by atoms with Crippen molar-refractivity contribution >= 4 is 29.6 Å². The molecule has 1 aliphatic heterocycles. The fraction of sp³-hybridized carbons (Fsp3) is 0.533. The molecule has 2 rings (SSSR count). The maximum Gasteiger partial charge on any atom is 0.336 e. The highest BCUT2D eigenvalue weighted by molar-refractivity contribution is 8.04. The van der Waals surface area contributed by atoms with E-state index in [1.54, 1.807) is 6.92 Å². The zero-order valence-electron chi connectivity index (χ0n) is 12.3. The van der Waals surface area contributed by atoms with Gasteiger partial charge in [0.2, 0.25) is 5.91 Å². The Morgan fingerprint density at radius 1 is 1.32 bits per heavy atom. The first-order valence-corrected chi connectivity index (χ1v) is 8.20. The third-order valence-corrected chi connectivity index (χ3v) is 5.12. The van der Waals surface area contributed by atoms with Crippen LogP contribution >= 0.6 is 11.8 Å². The van der Waals surface area contributed by atoms with Crippen LogP contribution in [0.5, 0.6) is 0 Å². The second-order valence-electron chi connectivity index (χ2n) is 5.17. The molecule has 1 saturated carbocycles. The first-order chi connectivity index (χ1) is 10.5. The fourth-order valence-corrected chi connectivity index (χ4v) is 4.35. The minimum Gasteiger partial charge on any atom is -0.478 e. The summed E-state index contributed by atoms with van der Waals surface area (Å²) in [6.07, 6.45) is 5.81. The first-order valence-electron chi connectivity index (χ1n) is 7.32. The van der Waals surface area contributed by atoms with Gasteiger partial charge < -0.3 is 15.2 Å². The van der Waals surface area contributed by atoms with Gasteiger partial charge in [0.05, 0.1) is 17.2 Å². The Bertz CT molecular complexity index is 540. The van der Waals surface area contributed by atoms with Crippen molar-refractivity contribution in [3.05, 3.63) is 22.8 Å². The van der Waals surface area contributed by atoms with Crippen LogP contribution in [0, 0.1) is 5.92 Å². The van der Waals surface area contributed by atoms with Gasteiger partial charge in [-0.1, -0.05) is 12.8 Å². The number of hydrogen-bond donors (Lipinski definition) is 2. The summed E-state index contributed by atoms with van der Waals surface area (Å²) < 4.78 is 5.11. The van der Waals surface area contributed by atoms with Crippen molar-refractivity contribution in [3.63, 3.8) is 0 Å². The lowest BCUT2D eigenvalue weighted by atomic mass is 9.84. The van der Waals surface area contributed by atoms with Crippen molar-refractivity contribution in [3.8, 4) is 0 Å². The van der Waals surface area contributed by atoms with Crippen LogP contribution in [0.15, 0.2) is 22.8 Å². The Morgan fingerprint density at radius 3 is 2.73 bits per heavy atom. The van der Waals surface area contributed by atoms with Crippen LogP contribution in [0.4, 0.5) is 0 Å². The largest absolute Gasteiger partial charge is 0.478 e. The van der Waals surface area contributed by atoms with Crippen LogP contribution in [0.1, 0.15) is 32.6 Å². The van der Waals surface area contributed by atoms with Crippen molar-refractivity contribution in [1.29, 1.82) is 0 Å². The number of carbonyl (C=O) groups excluding carboxylic acids is 2. The number of amides is 1. The van der Waals surface area contributed by atoms with Crippen LogP contribution in [-0.2, 0) is 19.1 Å². The summed E-state index contributed by atoms with van der Waals surface area (Å²) in [4.78, 5) is 34.4. The number of carbonyl (C=O) groups is 3. The summed E-state index contributed by atoms with van der Waals surface area (Å²) in [7, 11) is 0. The van der Waals surface area contributed by atoms with Crippen molar-refractivity contribution < 1.29 is 24.2 Å². The Balaban J connectivity index is 2.18. The number of ether oxygens (including phenoxy) is 1. The van der Waals surface area contributed by atoms with Gasteiger partial charge in [0.25, 0.3) is 0 Å². The minimum absolute atomic E-state index is 0.108. The summed E-state index contributed by atoms with van der Waals surface area (Å²) in [5.74, 6) is -2.02. The van der Waals surface area contributed by atoms with E-state index >= 15 is 0 Å². The average Bonchev–Trinajstić information content (AvgIpc) is 2.83. The molecule has 120 valence electrons. The zero-order chi connectivity index (χ0) is 16.1. The Labute approximate surface area is 133 Å². The molecular formula is C15H19NO5S. The van der Waals surface area contributed by atoms with Crippen LogP contribution in [-0.4, -0.2) is 34.8 Å². The number of carboxylic acid groups (broad SMARTS) is 1. The van der Waals surface area contributed by atoms with E-state index in [2.05, 4.69) is 5.32 Å². The minimum atomic E-state index is -1.19. The van der Waals surface area contributed by atoms with Crippen molar-refractivity contribution in [1.82, 2.24) is 5.32 Å². The van der Waals surface area contributed by atoms with Crippen LogP contribution < -0.4 is 5.32 Å². The van der Waals surface area contributed by atoms with Gasteiger partial charge in [0.15, 0.2) is 0 Å². The second-order valence-corrected chi connectivity index (χ2v) is 6.42. The highest BCUT2D eigenvalue weighted by Gasteiger charge is 2.41. The molecule has 1 aliphatic carbocycles. The van der Waals surface area contributed by atoms with E-state index in [4.69, 9.17) is 9.84 Å². The maximum atomic E-state index is 12.2. The van der Waals surface area contributed by atoms with E-state index in [0.29, 0.717) is 10.6 Å². The third kappa shape index (κ3) is 3.91. The van der Waals surface area contributed by atoms with Gasteiger partial charge >= 0.3 is 11.9 Å². The SMILES string of the molecule is CCOC(=O)C1=C(NC(=O)/C=C/C(=O)O)S[C@@H]2CCCC[C@@H]12. The standard InChI is InChI=1S/C15H19NO5S/c1-2-21-15(20)13-9-5-3-4-6-10(9)22-14(13)16-11(17)7-8-12(18)19/h7-10H,2-6H2,1H3,(H,16,17)(H,18,19)/b8-7+/t9-,10-/m1/s1. The molecule has 1 heterocycles. The highest BCUT2D eigenvalue weighted by atomic mass is 32.2. The van der Waals surface area contributed by atoms with Crippen LogP contribution in [0.2, 0.25) is 0 Å². The number of aliphatic carboxylic acids is 1. The fourth-order valence-electron chi connectivity index (χ4n) is 2.80. The molecule has 2 atom stereocenters. The van der Waals surface area contributed by atoms with Gasteiger partial charge in [0, 0.05) is 23.3 Å². The number of carboxylic acids is 1. The van der Waals surface area contributed by atoms with Crippen LogP contribution in [0.3, 0.4) is 0 Å². The Kier molecular flexibility index (Phi) is 5.65. The molecule has 0 aromatic heterocycles. The summed E-state index contributed by atoms with van der Waals surface area (Å²) in [5.41, 5.74) is 0.536. The summed E-state index contributed by atoms with van der Waals surface area (Å²) in [6, 6.07) is 0. The van der Waals surface area contributed by atoms with E-state index in [0.717, 1.165) is 37.8 Å². The number of thioether (sulfide) groups is 1. The number of rotatable bonds is 5. The van der Waals surface area contributed by atoms with Crippen molar-refractivity contribution in [2.45, 2.75) is 37.9 Å². The van der Waals surface area contributed by atoms with E-state index in [-0.39, 0.29) is 23.7 Å². The topological polar surface area (TPSA) is 92.7 Å². The van der Waals surface area contributed by atoms with Gasteiger partial charge in [0.1, 0.15) is 0 Å². The second kappa shape index (κ2) is 7.49. The van der Waals surface area contributed by atoms with Gasteiger partial charge in [-0.05, 0) is 19.8 Å². The molecule has 0 radical (unpaired) electrons. The van der Waals surface area contributed by atoms with Crippen molar-refractivity contribution in [2.75, 3.05) is 6.61 Å². The average molecular weight is 325 g/mol. The van der Waals surface area contributed by atoms with Crippen molar-refractivity contribution in [2.24, 2.45) is 5.92 Å². The lowest BCUT2D eigenvalue weighted by Gasteiger charge is -2.25. The molecule has 0 saturated heterocycles. The normalized spacial score (nSPS) is 24.2. The van der Waals surface area contributed by atoms with E-state index in [9.17, 15) is 14.4 Å². The number of nitrogens with one attached hydrogen (secondary N) is 1. The number of hydrogen-bond acceptors (Lipinski definition) is 5. The lowest BCUT2D eigenvalue weighted by molar-refractivity contribution is -0.139. The molecule has 2 N–H and O–H groups in total. The lowest BCUT2D eigenvalue weighted by Crippen LogP contribution is -2.25. The number of esters is 1. The molecule has 0 aromatic carbocycles. The van der Waals surface area contributed by atoms with Crippen LogP contribution in [0.25, 0.3) is 0 Å². The van der Waals surface area contributed by atoms with E-state index in [1.807, 2.05) is 0 Å². The monoisotopic (exact) mass is 325 g/mol. The number of fused-ring (bicyclic) bond motifs is 1. The van der Waals surface area contributed by atoms with Gasteiger partial charge in [-0.25, -0.2) is 9.59 Å². The zero-order valence-corrected chi connectivity index (χ0v) is 13.1. The Morgan fingerprint density at radius 2 is 2.05 bits per heavy atom. The highest BCUT2D eigenvalue weighted by Crippen LogP contribution is 2.48. The molecule has 7 heteroatoms. The smallest absolute Gasteiger partial charge is 0.336 e. The summed E-state index contributed by atoms with van der Waals surface area (Å²) in [5, 5.41) is 12.0. The Hall–Kier alpha value is -1.76. The van der Waals surface area contributed by atoms with Gasteiger partial charge in [-0.2, -0.15) is 0 Å². The maximum absolute atomic E-state index is 12.2. The predicted molar refractivity (Wildman–Crippen MR) is 81.9 cm³/mol. The molecule has 0 unspecified atom stereocenters. The predicted octanol–water partition coefficient (Wildman–Crippen LogP) is 1.82. The summed E-state index contributed by atoms with van der Waals surface area (Å²) in [6.45, 7) is 2.03.